The zero-order chi connectivity index (χ0) is 13.0. The molecule has 1 unspecified atom stereocenters. The number of ether oxygens (including phenoxy) is 1. The summed E-state index contributed by atoms with van der Waals surface area (Å²) < 4.78 is 18.8. The number of benzene rings is 1. The second-order valence-corrected chi connectivity index (χ2v) is 5.31. The highest BCUT2D eigenvalue weighted by Gasteiger charge is 2.19. The van der Waals surface area contributed by atoms with Crippen molar-refractivity contribution in [3.05, 3.63) is 29.0 Å². The van der Waals surface area contributed by atoms with Crippen LogP contribution in [0.3, 0.4) is 0 Å². The Balaban J connectivity index is 1.81. The predicted octanol–water partition coefficient (Wildman–Crippen LogP) is 3.80. The van der Waals surface area contributed by atoms with Gasteiger partial charge in [-0.3, -0.25) is 0 Å². The Morgan fingerprint density at radius 2 is 2.11 bits per heavy atom. The van der Waals surface area contributed by atoms with Gasteiger partial charge in [-0.15, -0.1) is 0 Å². The van der Waals surface area contributed by atoms with E-state index in [0.717, 1.165) is 6.42 Å². The first-order valence-electron chi connectivity index (χ1n) is 6.41. The summed E-state index contributed by atoms with van der Waals surface area (Å²) in [5.41, 5.74) is 0. The van der Waals surface area contributed by atoms with Gasteiger partial charge in [-0.05, 0) is 24.5 Å². The molecule has 0 heterocycles. The Morgan fingerprint density at radius 1 is 1.39 bits per heavy atom. The normalized spacial score (nSPS) is 17.9. The molecule has 4 heteroatoms. The smallest absolute Gasteiger partial charge is 0.183 e. The third kappa shape index (κ3) is 3.59. The summed E-state index contributed by atoms with van der Waals surface area (Å²) in [6.07, 6.45) is 5.07. The summed E-state index contributed by atoms with van der Waals surface area (Å²) in [5.74, 6) is 0.132. The van der Waals surface area contributed by atoms with Crippen LogP contribution in [-0.4, -0.2) is 17.8 Å². The molecular weight excluding hydrogens is 255 g/mol. The molecular formula is C14H18ClFO2. The van der Waals surface area contributed by atoms with Gasteiger partial charge in [0.15, 0.2) is 11.6 Å². The van der Waals surface area contributed by atoms with E-state index < -0.39 is 11.9 Å². The zero-order valence-electron chi connectivity index (χ0n) is 10.2. The number of hydrogen-bond acceptors (Lipinski definition) is 2. The largest absolute Gasteiger partial charge is 0.488 e. The van der Waals surface area contributed by atoms with Crippen molar-refractivity contribution in [3.63, 3.8) is 0 Å². The van der Waals surface area contributed by atoms with E-state index in [1.165, 1.54) is 37.8 Å². The SMILES string of the molecule is OC(COc1cccc(Cl)c1F)CC1CCCC1. The van der Waals surface area contributed by atoms with E-state index in [4.69, 9.17) is 16.3 Å². The summed E-state index contributed by atoms with van der Waals surface area (Å²) in [7, 11) is 0. The maximum Gasteiger partial charge on any atom is 0.183 e. The van der Waals surface area contributed by atoms with E-state index in [1.807, 2.05) is 0 Å². The highest BCUT2D eigenvalue weighted by atomic mass is 35.5. The van der Waals surface area contributed by atoms with Crippen molar-refractivity contribution in [1.29, 1.82) is 0 Å². The molecule has 0 spiro atoms. The third-order valence-electron chi connectivity index (χ3n) is 3.43. The van der Waals surface area contributed by atoms with Gasteiger partial charge < -0.3 is 9.84 Å². The molecule has 0 aliphatic heterocycles. The molecule has 0 aromatic heterocycles. The summed E-state index contributed by atoms with van der Waals surface area (Å²) in [6, 6.07) is 4.62. The second-order valence-electron chi connectivity index (χ2n) is 4.90. The minimum Gasteiger partial charge on any atom is -0.488 e. The number of aliphatic hydroxyl groups excluding tert-OH is 1. The lowest BCUT2D eigenvalue weighted by atomic mass is 10.0. The molecule has 1 aliphatic carbocycles. The van der Waals surface area contributed by atoms with Crippen LogP contribution in [0.4, 0.5) is 4.39 Å². The lowest BCUT2D eigenvalue weighted by molar-refractivity contribution is 0.0837. The number of halogens is 2. The van der Waals surface area contributed by atoms with Crippen LogP contribution in [-0.2, 0) is 0 Å². The molecule has 1 atom stereocenters. The number of aliphatic hydroxyl groups is 1. The van der Waals surface area contributed by atoms with E-state index in [0.29, 0.717) is 5.92 Å². The Bertz CT molecular complexity index is 391. The highest BCUT2D eigenvalue weighted by Crippen LogP contribution is 2.29. The van der Waals surface area contributed by atoms with E-state index in [1.54, 1.807) is 6.07 Å². The van der Waals surface area contributed by atoms with Gasteiger partial charge in [0.1, 0.15) is 6.61 Å². The molecule has 18 heavy (non-hydrogen) atoms. The fourth-order valence-electron chi connectivity index (χ4n) is 2.48. The molecule has 2 rings (SSSR count). The van der Waals surface area contributed by atoms with Gasteiger partial charge in [-0.25, -0.2) is 4.39 Å². The standard InChI is InChI=1S/C14H18ClFO2/c15-12-6-3-7-13(14(12)16)18-9-11(17)8-10-4-1-2-5-10/h3,6-7,10-11,17H,1-2,4-5,8-9H2. The Labute approximate surface area is 112 Å². The molecule has 2 nitrogen and oxygen atoms in total. The zero-order valence-corrected chi connectivity index (χ0v) is 11.0. The van der Waals surface area contributed by atoms with Crippen molar-refractivity contribution < 1.29 is 14.2 Å². The van der Waals surface area contributed by atoms with E-state index in [9.17, 15) is 9.50 Å². The molecule has 1 aromatic rings. The number of rotatable bonds is 5. The summed E-state index contributed by atoms with van der Waals surface area (Å²) in [4.78, 5) is 0. The van der Waals surface area contributed by atoms with Crippen LogP contribution in [0.1, 0.15) is 32.1 Å². The van der Waals surface area contributed by atoms with Gasteiger partial charge in [0.05, 0.1) is 11.1 Å². The van der Waals surface area contributed by atoms with E-state index in [2.05, 4.69) is 0 Å². The first-order valence-corrected chi connectivity index (χ1v) is 6.79. The highest BCUT2D eigenvalue weighted by molar-refractivity contribution is 6.30. The van der Waals surface area contributed by atoms with Crippen LogP contribution in [0.5, 0.6) is 5.75 Å². The van der Waals surface area contributed by atoms with Gasteiger partial charge in [0.2, 0.25) is 0 Å². The summed E-state index contributed by atoms with van der Waals surface area (Å²) in [6.45, 7) is 0.119. The van der Waals surface area contributed by atoms with Crippen LogP contribution in [0.2, 0.25) is 5.02 Å². The predicted molar refractivity (Wildman–Crippen MR) is 69.5 cm³/mol. The van der Waals surface area contributed by atoms with Crippen molar-refractivity contribution >= 4 is 11.6 Å². The van der Waals surface area contributed by atoms with Crippen molar-refractivity contribution in [2.24, 2.45) is 5.92 Å². The van der Waals surface area contributed by atoms with Crippen molar-refractivity contribution in [2.75, 3.05) is 6.61 Å². The van der Waals surface area contributed by atoms with Crippen molar-refractivity contribution in [3.8, 4) is 5.75 Å². The summed E-state index contributed by atoms with van der Waals surface area (Å²) in [5, 5.41) is 9.89. The van der Waals surface area contributed by atoms with E-state index in [-0.39, 0.29) is 17.4 Å². The molecule has 1 fully saturated rings. The lowest BCUT2D eigenvalue weighted by Crippen LogP contribution is -2.20. The van der Waals surface area contributed by atoms with Gasteiger partial charge in [-0.2, -0.15) is 0 Å². The second kappa shape index (κ2) is 6.39. The van der Waals surface area contributed by atoms with Gasteiger partial charge >= 0.3 is 0 Å². The maximum absolute atomic E-state index is 13.5. The minimum atomic E-state index is -0.563. The van der Waals surface area contributed by atoms with Crippen LogP contribution in [0.15, 0.2) is 18.2 Å². The third-order valence-corrected chi connectivity index (χ3v) is 3.72. The lowest BCUT2D eigenvalue weighted by Gasteiger charge is -2.16. The number of hydrogen-bond donors (Lipinski definition) is 1. The average molecular weight is 273 g/mol. The molecule has 0 bridgehead atoms. The molecule has 1 aliphatic rings. The quantitative estimate of drug-likeness (QED) is 0.883. The Morgan fingerprint density at radius 3 is 2.83 bits per heavy atom. The molecule has 1 saturated carbocycles. The topological polar surface area (TPSA) is 29.5 Å². The molecule has 0 saturated heterocycles. The minimum absolute atomic E-state index is 0.0396. The maximum atomic E-state index is 13.5. The van der Waals surface area contributed by atoms with Crippen molar-refractivity contribution in [1.82, 2.24) is 0 Å². The van der Waals surface area contributed by atoms with Crippen LogP contribution >= 0.6 is 11.6 Å². The van der Waals surface area contributed by atoms with Crippen LogP contribution < -0.4 is 4.74 Å². The first kappa shape index (κ1) is 13.6. The molecule has 1 N–H and O–H groups in total. The monoisotopic (exact) mass is 272 g/mol. The van der Waals surface area contributed by atoms with Crippen LogP contribution in [0, 0.1) is 11.7 Å². The Hall–Kier alpha value is -0.800. The van der Waals surface area contributed by atoms with Gasteiger partial charge in [-0.1, -0.05) is 43.4 Å². The first-order chi connectivity index (χ1) is 8.66. The van der Waals surface area contributed by atoms with Crippen LogP contribution in [0.25, 0.3) is 0 Å². The fourth-order valence-corrected chi connectivity index (χ4v) is 2.65. The molecule has 0 radical (unpaired) electrons. The molecule has 1 aromatic carbocycles. The average Bonchev–Trinajstić information content (AvgIpc) is 2.84. The van der Waals surface area contributed by atoms with Crippen molar-refractivity contribution in [2.45, 2.75) is 38.2 Å². The van der Waals surface area contributed by atoms with Gasteiger partial charge in [0, 0.05) is 0 Å². The summed E-state index contributed by atoms with van der Waals surface area (Å²) >= 11 is 5.65. The fraction of sp³-hybridized carbons (Fsp3) is 0.571. The molecule has 100 valence electrons. The Kier molecular flexibility index (Phi) is 4.84. The van der Waals surface area contributed by atoms with E-state index >= 15 is 0 Å². The van der Waals surface area contributed by atoms with Gasteiger partial charge in [0.25, 0.3) is 0 Å². The molecule has 0 amide bonds.